The lowest BCUT2D eigenvalue weighted by Crippen LogP contribution is -2.13. The first-order valence-electron chi connectivity index (χ1n) is 9.00. The first-order valence-corrected chi connectivity index (χ1v) is 10.2. The molecule has 4 nitrogen and oxygen atoms in total. The van der Waals surface area contributed by atoms with E-state index in [9.17, 15) is 8.78 Å². The average molecular weight is 368 g/mol. The van der Waals surface area contributed by atoms with Crippen molar-refractivity contribution >= 4 is 17.5 Å². The number of halogens is 2. The van der Waals surface area contributed by atoms with Crippen molar-refractivity contribution in [2.45, 2.75) is 64.7 Å². The van der Waals surface area contributed by atoms with Gasteiger partial charge in [-0.05, 0) is 57.0 Å². The van der Waals surface area contributed by atoms with Gasteiger partial charge in [0, 0.05) is 12.3 Å². The first kappa shape index (κ1) is 18.5. The Bertz CT molecular complexity index is 720. The summed E-state index contributed by atoms with van der Waals surface area (Å²) in [6, 6.07) is 0. The van der Waals surface area contributed by atoms with Gasteiger partial charge in [0.25, 0.3) is 5.78 Å². The third kappa shape index (κ3) is 4.90. The molecule has 0 bridgehead atoms. The van der Waals surface area contributed by atoms with Gasteiger partial charge in [-0.15, -0.1) is 0 Å². The van der Waals surface area contributed by atoms with Crippen molar-refractivity contribution in [3.8, 4) is 0 Å². The van der Waals surface area contributed by atoms with Gasteiger partial charge >= 0.3 is 0 Å². The number of fused-ring (bicyclic) bond motifs is 1. The fraction of sp³-hybridized carbons (Fsp3) is 0.722. The van der Waals surface area contributed by atoms with Gasteiger partial charge in [-0.25, -0.2) is 23.3 Å². The summed E-state index contributed by atoms with van der Waals surface area (Å²) in [5.74, 6) is 1.02. The summed E-state index contributed by atoms with van der Waals surface area (Å²) < 4.78 is 27.8. The van der Waals surface area contributed by atoms with Crippen LogP contribution < -0.4 is 0 Å². The van der Waals surface area contributed by atoms with E-state index in [0.717, 1.165) is 36.8 Å². The summed E-state index contributed by atoms with van der Waals surface area (Å²) in [5, 5.41) is 4.63. The Morgan fingerprint density at radius 3 is 2.72 bits per heavy atom. The fourth-order valence-electron chi connectivity index (χ4n) is 3.37. The van der Waals surface area contributed by atoms with Crippen LogP contribution in [-0.2, 0) is 6.42 Å². The van der Waals surface area contributed by atoms with Crippen LogP contribution in [0.1, 0.15) is 62.5 Å². The molecule has 0 radical (unpaired) electrons. The predicted octanol–water partition coefficient (Wildman–Crippen LogP) is 4.66. The summed E-state index contributed by atoms with van der Waals surface area (Å²) in [4.78, 5) is 9.36. The number of aryl methyl sites for hydroxylation is 1. The van der Waals surface area contributed by atoms with Crippen LogP contribution in [0.3, 0.4) is 0 Å². The van der Waals surface area contributed by atoms with E-state index in [1.165, 1.54) is 11.5 Å². The zero-order chi connectivity index (χ0) is 18.0. The van der Waals surface area contributed by atoms with Crippen LogP contribution in [0.5, 0.6) is 0 Å². The molecule has 3 heterocycles. The minimum Gasteiger partial charge on any atom is -0.215 e. The molecule has 1 fully saturated rings. The number of hydrogen-bond acceptors (Lipinski definition) is 4. The molecule has 0 aromatic carbocycles. The molecule has 7 heteroatoms. The number of thioether (sulfide) groups is 1. The molecule has 3 rings (SSSR count). The van der Waals surface area contributed by atoms with Gasteiger partial charge in [0.05, 0.1) is 23.3 Å². The van der Waals surface area contributed by atoms with E-state index < -0.39 is 5.92 Å². The SMILES string of the molecule is Cc1nn2cc(CC(C)CCC(C)(F)F)nc2nc1C1CCSCC1. The van der Waals surface area contributed by atoms with Gasteiger partial charge in [0.2, 0.25) is 5.92 Å². The lowest BCUT2D eigenvalue weighted by molar-refractivity contribution is 0.00721. The maximum atomic E-state index is 13.0. The largest absolute Gasteiger partial charge is 0.251 e. The van der Waals surface area contributed by atoms with Crippen molar-refractivity contribution in [2.24, 2.45) is 5.92 Å². The van der Waals surface area contributed by atoms with E-state index >= 15 is 0 Å². The Hall–Kier alpha value is -1.24. The highest BCUT2D eigenvalue weighted by molar-refractivity contribution is 7.99. The molecule has 2 aromatic rings. The van der Waals surface area contributed by atoms with Crippen LogP contribution >= 0.6 is 11.8 Å². The molecule has 1 unspecified atom stereocenters. The minimum atomic E-state index is -2.60. The van der Waals surface area contributed by atoms with Crippen molar-refractivity contribution < 1.29 is 8.78 Å². The van der Waals surface area contributed by atoms with Crippen LogP contribution in [0.25, 0.3) is 5.78 Å². The zero-order valence-electron chi connectivity index (χ0n) is 15.1. The van der Waals surface area contributed by atoms with E-state index in [4.69, 9.17) is 4.98 Å². The summed E-state index contributed by atoms with van der Waals surface area (Å²) >= 11 is 2.00. The predicted molar refractivity (Wildman–Crippen MR) is 97.5 cm³/mol. The summed E-state index contributed by atoms with van der Waals surface area (Å²) in [6.07, 6.45) is 5.26. The highest BCUT2D eigenvalue weighted by Crippen LogP contribution is 2.31. The van der Waals surface area contributed by atoms with Gasteiger partial charge in [-0.3, -0.25) is 0 Å². The quantitative estimate of drug-likeness (QED) is 0.744. The molecule has 0 spiro atoms. The second kappa shape index (κ2) is 7.56. The number of hydrogen-bond donors (Lipinski definition) is 0. The average Bonchev–Trinajstić information content (AvgIpc) is 2.93. The van der Waals surface area contributed by atoms with Crippen LogP contribution in [0.2, 0.25) is 0 Å². The number of aromatic nitrogens is 4. The maximum Gasteiger partial charge on any atom is 0.251 e. The maximum absolute atomic E-state index is 13.0. The van der Waals surface area contributed by atoms with Crippen molar-refractivity contribution in [2.75, 3.05) is 11.5 Å². The molecule has 2 aromatic heterocycles. The Balaban J connectivity index is 1.73. The monoisotopic (exact) mass is 368 g/mol. The van der Waals surface area contributed by atoms with Crippen molar-refractivity contribution in [3.63, 3.8) is 0 Å². The molecular weight excluding hydrogens is 342 g/mol. The molecule has 0 N–H and O–H groups in total. The third-order valence-corrected chi connectivity index (χ3v) is 5.86. The highest BCUT2D eigenvalue weighted by Gasteiger charge is 2.23. The Kier molecular flexibility index (Phi) is 5.61. The molecular formula is C18H26F2N4S. The standard InChI is InChI=1S/C18H26F2N4S/c1-12(4-7-18(3,19)20)10-15-11-24-17(21-15)22-16(13(2)23-24)14-5-8-25-9-6-14/h11-12,14H,4-10H2,1-3H3. The zero-order valence-corrected chi connectivity index (χ0v) is 16.0. The minimum absolute atomic E-state index is 0.0824. The molecule has 0 aliphatic carbocycles. The highest BCUT2D eigenvalue weighted by atomic mass is 32.2. The normalized spacial score (nSPS) is 18.0. The second-order valence-corrected chi connectivity index (χ2v) is 8.59. The Morgan fingerprint density at radius 1 is 1.32 bits per heavy atom. The molecule has 1 saturated heterocycles. The van der Waals surface area contributed by atoms with Crippen molar-refractivity contribution in [1.82, 2.24) is 19.6 Å². The molecule has 1 aliphatic heterocycles. The van der Waals surface area contributed by atoms with E-state index in [2.05, 4.69) is 10.1 Å². The molecule has 138 valence electrons. The smallest absolute Gasteiger partial charge is 0.215 e. The van der Waals surface area contributed by atoms with Crippen molar-refractivity contribution in [3.05, 3.63) is 23.3 Å². The second-order valence-electron chi connectivity index (χ2n) is 7.36. The molecule has 25 heavy (non-hydrogen) atoms. The number of imidazole rings is 1. The lowest BCUT2D eigenvalue weighted by Gasteiger charge is -2.21. The first-order chi connectivity index (χ1) is 11.8. The van der Waals surface area contributed by atoms with Crippen LogP contribution in [0.4, 0.5) is 8.78 Å². The molecule has 0 saturated carbocycles. The number of rotatable bonds is 6. The topological polar surface area (TPSA) is 43.1 Å². The number of nitrogens with zero attached hydrogens (tertiary/aromatic N) is 4. The summed E-state index contributed by atoms with van der Waals surface area (Å²) in [6.45, 7) is 4.98. The summed E-state index contributed by atoms with van der Waals surface area (Å²) in [5.41, 5.74) is 2.92. The molecule has 1 aliphatic rings. The third-order valence-electron chi connectivity index (χ3n) is 4.81. The van der Waals surface area contributed by atoms with E-state index in [-0.39, 0.29) is 12.3 Å². The number of alkyl halides is 2. The lowest BCUT2D eigenvalue weighted by atomic mass is 9.97. The Morgan fingerprint density at radius 2 is 2.04 bits per heavy atom. The molecule has 1 atom stereocenters. The van der Waals surface area contributed by atoms with Gasteiger partial charge in [0.1, 0.15) is 0 Å². The summed E-state index contributed by atoms with van der Waals surface area (Å²) in [7, 11) is 0. The van der Waals surface area contributed by atoms with Gasteiger partial charge in [-0.2, -0.15) is 16.9 Å². The van der Waals surface area contributed by atoms with Gasteiger partial charge in [0.15, 0.2) is 0 Å². The van der Waals surface area contributed by atoms with Crippen LogP contribution in [0, 0.1) is 12.8 Å². The van der Waals surface area contributed by atoms with E-state index in [1.807, 2.05) is 31.8 Å². The van der Waals surface area contributed by atoms with Crippen molar-refractivity contribution in [1.29, 1.82) is 0 Å². The van der Waals surface area contributed by atoms with Gasteiger partial charge in [-0.1, -0.05) is 6.92 Å². The Labute approximate surface area is 151 Å². The van der Waals surface area contributed by atoms with Crippen LogP contribution in [0.15, 0.2) is 6.20 Å². The van der Waals surface area contributed by atoms with E-state index in [0.29, 0.717) is 24.5 Å². The van der Waals surface area contributed by atoms with Gasteiger partial charge < -0.3 is 0 Å². The fourth-order valence-corrected chi connectivity index (χ4v) is 4.48. The van der Waals surface area contributed by atoms with E-state index in [1.54, 1.807) is 4.52 Å². The van der Waals surface area contributed by atoms with Crippen LogP contribution in [-0.4, -0.2) is 37.0 Å². The molecule has 0 amide bonds.